The highest BCUT2D eigenvalue weighted by atomic mass is 79.9. The highest BCUT2D eigenvalue weighted by Gasteiger charge is 2.27. The van der Waals surface area contributed by atoms with Crippen LogP contribution in [0.3, 0.4) is 0 Å². The molecule has 7 heteroatoms. The number of hydrogen-bond donors (Lipinski definition) is 2. The second-order valence-electron chi connectivity index (χ2n) is 6.10. The molecular weight excluding hydrogens is 416 g/mol. The molecule has 0 radical (unpaired) electrons. The van der Waals surface area contributed by atoms with Crippen molar-refractivity contribution in [1.82, 2.24) is 20.4 Å². The highest BCUT2D eigenvalue weighted by molar-refractivity contribution is 9.10. The van der Waals surface area contributed by atoms with Gasteiger partial charge in [0.25, 0.3) is 5.91 Å². The molecule has 0 aliphatic carbocycles. The number of aromatic nitrogens is 2. The fraction of sp³-hybridized carbons (Fsp3) is 0.158. The SMILES string of the molecule is O=C1NC[C@H](NCc2cccc(Br)c2)n2nc(-c3ccc(Cl)cc3)cc21. The Hall–Kier alpha value is -2.15. The van der Waals surface area contributed by atoms with Crippen molar-refractivity contribution < 1.29 is 4.79 Å². The summed E-state index contributed by atoms with van der Waals surface area (Å²) in [6.45, 7) is 1.16. The number of amides is 1. The Bertz CT molecular complexity index is 954. The van der Waals surface area contributed by atoms with E-state index in [0.717, 1.165) is 21.3 Å². The number of benzene rings is 2. The van der Waals surface area contributed by atoms with Crippen molar-refractivity contribution in [2.75, 3.05) is 6.54 Å². The molecule has 132 valence electrons. The van der Waals surface area contributed by atoms with Gasteiger partial charge in [-0.15, -0.1) is 0 Å². The molecule has 1 aromatic heterocycles. The van der Waals surface area contributed by atoms with Crippen LogP contribution in [-0.4, -0.2) is 22.2 Å². The fourth-order valence-electron chi connectivity index (χ4n) is 2.97. The minimum Gasteiger partial charge on any atom is -0.347 e. The topological polar surface area (TPSA) is 59.0 Å². The zero-order valence-electron chi connectivity index (χ0n) is 13.7. The number of carbonyl (C=O) groups excluding carboxylic acids is 1. The zero-order valence-corrected chi connectivity index (χ0v) is 16.1. The Morgan fingerprint density at radius 1 is 1.23 bits per heavy atom. The van der Waals surface area contributed by atoms with Gasteiger partial charge in [-0.1, -0.05) is 51.8 Å². The Morgan fingerprint density at radius 3 is 2.81 bits per heavy atom. The van der Waals surface area contributed by atoms with Crippen LogP contribution in [0.25, 0.3) is 11.3 Å². The predicted molar refractivity (Wildman–Crippen MR) is 105 cm³/mol. The maximum Gasteiger partial charge on any atom is 0.269 e. The van der Waals surface area contributed by atoms with Crippen molar-refractivity contribution in [3.8, 4) is 11.3 Å². The molecule has 26 heavy (non-hydrogen) atoms. The zero-order chi connectivity index (χ0) is 18.1. The first-order valence-corrected chi connectivity index (χ1v) is 9.39. The van der Waals surface area contributed by atoms with Crippen molar-refractivity contribution in [2.45, 2.75) is 12.7 Å². The molecule has 2 heterocycles. The monoisotopic (exact) mass is 430 g/mol. The lowest BCUT2D eigenvalue weighted by molar-refractivity contribution is 0.0900. The van der Waals surface area contributed by atoms with Crippen molar-refractivity contribution >= 4 is 33.4 Å². The van der Waals surface area contributed by atoms with E-state index in [4.69, 9.17) is 11.6 Å². The molecule has 0 saturated heterocycles. The third-order valence-electron chi connectivity index (χ3n) is 4.29. The first-order valence-electron chi connectivity index (χ1n) is 8.22. The smallest absolute Gasteiger partial charge is 0.269 e. The number of nitrogens with zero attached hydrogens (tertiary/aromatic N) is 2. The van der Waals surface area contributed by atoms with E-state index in [1.54, 1.807) is 4.68 Å². The van der Waals surface area contributed by atoms with Gasteiger partial charge in [-0.3, -0.25) is 10.1 Å². The lowest BCUT2D eigenvalue weighted by atomic mass is 10.1. The van der Waals surface area contributed by atoms with Gasteiger partial charge in [0.1, 0.15) is 11.9 Å². The molecule has 2 N–H and O–H groups in total. The van der Waals surface area contributed by atoms with Gasteiger partial charge in [0.05, 0.1) is 12.2 Å². The summed E-state index contributed by atoms with van der Waals surface area (Å²) >= 11 is 9.44. The summed E-state index contributed by atoms with van der Waals surface area (Å²) in [6.07, 6.45) is -0.109. The Balaban J connectivity index is 1.59. The molecular formula is C19H16BrClN4O. The molecule has 3 aromatic rings. The van der Waals surface area contributed by atoms with Crippen LogP contribution < -0.4 is 10.6 Å². The van der Waals surface area contributed by atoms with Gasteiger partial charge < -0.3 is 5.32 Å². The maximum absolute atomic E-state index is 12.2. The van der Waals surface area contributed by atoms with Gasteiger partial charge in [0.15, 0.2) is 0 Å². The molecule has 0 saturated carbocycles. The third-order valence-corrected chi connectivity index (χ3v) is 5.04. The summed E-state index contributed by atoms with van der Waals surface area (Å²) in [5, 5.41) is 11.7. The van der Waals surface area contributed by atoms with E-state index in [-0.39, 0.29) is 12.1 Å². The molecule has 0 spiro atoms. The minimum absolute atomic E-state index is 0.109. The van der Waals surface area contributed by atoms with Crippen LogP contribution >= 0.6 is 27.5 Å². The van der Waals surface area contributed by atoms with Gasteiger partial charge in [-0.2, -0.15) is 5.10 Å². The van der Waals surface area contributed by atoms with Crippen LogP contribution in [-0.2, 0) is 6.54 Å². The van der Waals surface area contributed by atoms with Crippen LogP contribution in [0.4, 0.5) is 0 Å². The van der Waals surface area contributed by atoms with Crippen LogP contribution in [0, 0.1) is 0 Å². The Labute approximate surface area is 164 Å². The van der Waals surface area contributed by atoms with Crippen LogP contribution in [0.2, 0.25) is 5.02 Å². The van der Waals surface area contributed by atoms with E-state index < -0.39 is 0 Å². The third kappa shape index (κ3) is 3.53. The van der Waals surface area contributed by atoms with E-state index in [0.29, 0.717) is 23.8 Å². The molecule has 0 fully saturated rings. The van der Waals surface area contributed by atoms with Gasteiger partial charge >= 0.3 is 0 Å². The molecule has 4 rings (SSSR count). The van der Waals surface area contributed by atoms with Gasteiger partial charge in [0.2, 0.25) is 0 Å². The van der Waals surface area contributed by atoms with E-state index >= 15 is 0 Å². The summed E-state index contributed by atoms with van der Waals surface area (Å²) in [5.41, 5.74) is 3.38. The van der Waals surface area contributed by atoms with Gasteiger partial charge in [0, 0.05) is 21.6 Å². The van der Waals surface area contributed by atoms with Gasteiger partial charge in [-0.05, 0) is 35.9 Å². The van der Waals surface area contributed by atoms with Crippen LogP contribution in [0.15, 0.2) is 59.1 Å². The standard InChI is InChI=1S/C19H16BrClN4O/c20-14-3-1-2-12(8-14)10-22-18-11-23-19(26)17-9-16(24-25(17)18)13-4-6-15(21)7-5-13/h1-9,18,22H,10-11H2,(H,23,26)/t18-/m1/s1. The summed E-state index contributed by atoms with van der Waals surface area (Å²) in [5.74, 6) is -0.113. The lowest BCUT2D eigenvalue weighted by Gasteiger charge is -2.25. The molecule has 0 bridgehead atoms. The Kier molecular flexibility index (Phi) is 4.80. The minimum atomic E-state index is -0.113. The average Bonchev–Trinajstić information content (AvgIpc) is 3.08. The molecule has 1 atom stereocenters. The average molecular weight is 432 g/mol. The molecule has 5 nitrogen and oxygen atoms in total. The van der Waals surface area contributed by atoms with E-state index in [1.807, 2.05) is 42.5 Å². The second-order valence-corrected chi connectivity index (χ2v) is 7.46. The van der Waals surface area contributed by atoms with E-state index in [1.165, 1.54) is 0 Å². The first kappa shape index (κ1) is 17.3. The summed E-state index contributed by atoms with van der Waals surface area (Å²) in [6, 6.07) is 17.4. The number of nitrogens with one attached hydrogen (secondary N) is 2. The quantitative estimate of drug-likeness (QED) is 0.656. The van der Waals surface area contributed by atoms with Crippen molar-refractivity contribution in [3.63, 3.8) is 0 Å². The summed E-state index contributed by atoms with van der Waals surface area (Å²) in [4.78, 5) is 12.2. The van der Waals surface area contributed by atoms with Crippen molar-refractivity contribution in [2.24, 2.45) is 0 Å². The molecule has 2 aromatic carbocycles. The molecule has 1 aliphatic rings. The van der Waals surface area contributed by atoms with E-state index in [9.17, 15) is 4.79 Å². The largest absolute Gasteiger partial charge is 0.347 e. The first-order chi connectivity index (χ1) is 12.6. The van der Waals surface area contributed by atoms with Gasteiger partial charge in [-0.25, -0.2) is 4.68 Å². The van der Waals surface area contributed by atoms with Crippen molar-refractivity contribution in [3.05, 3.63) is 75.4 Å². The molecule has 1 amide bonds. The Morgan fingerprint density at radius 2 is 2.04 bits per heavy atom. The van der Waals surface area contributed by atoms with Crippen LogP contribution in [0.1, 0.15) is 22.2 Å². The summed E-state index contributed by atoms with van der Waals surface area (Å²) < 4.78 is 2.80. The van der Waals surface area contributed by atoms with E-state index in [2.05, 4.69) is 43.8 Å². The second kappa shape index (κ2) is 7.23. The van der Waals surface area contributed by atoms with Crippen molar-refractivity contribution in [1.29, 1.82) is 0 Å². The normalized spacial score (nSPS) is 16.2. The highest BCUT2D eigenvalue weighted by Crippen LogP contribution is 2.24. The number of hydrogen-bond acceptors (Lipinski definition) is 3. The number of halogens is 2. The number of rotatable bonds is 4. The summed E-state index contributed by atoms with van der Waals surface area (Å²) in [7, 11) is 0. The maximum atomic E-state index is 12.2. The number of carbonyl (C=O) groups is 1. The number of fused-ring (bicyclic) bond motifs is 1. The molecule has 0 unspecified atom stereocenters. The molecule has 1 aliphatic heterocycles. The van der Waals surface area contributed by atoms with Crippen LogP contribution in [0.5, 0.6) is 0 Å². The lowest BCUT2D eigenvalue weighted by Crippen LogP contribution is -2.45. The fourth-order valence-corrected chi connectivity index (χ4v) is 3.54. The predicted octanol–water partition coefficient (Wildman–Crippen LogP) is 4.00.